The number of nitrogens with zero attached hydrogens (tertiary/aromatic N) is 2. The Hall–Kier alpha value is -2.03. The number of rotatable bonds is 4. The van der Waals surface area contributed by atoms with E-state index in [0.717, 1.165) is 30.5 Å². The molecule has 1 aromatic heterocycles. The van der Waals surface area contributed by atoms with Crippen LogP contribution < -0.4 is 10.2 Å². The summed E-state index contributed by atoms with van der Waals surface area (Å²) in [6, 6.07) is 15.9. The van der Waals surface area contributed by atoms with Gasteiger partial charge in [0, 0.05) is 19.1 Å². The van der Waals surface area contributed by atoms with Gasteiger partial charge >= 0.3 is 0 Å². The highest BCUT2D eigenvalue weighted by Crippen LogP contribution is 2.37. The van der Waals surface area contributed by atoms with Crippen molar-refractivity contribution in [3.63, 3.8) is 0 Å². The molecule has 2 heterocycles. The van der Waals surface area contributed by atoms with Crippen molar-refractivity contribution in [2.45, 2.75) is 51.0 Å². The largest absolute Gasteiger partial charge is 0.381 e. The molecule has 0 bridgehead atoms. The quantitative estimate of drug-likeness (QED) is 0.846. The van der Waals surface area contributed by atoms with Crippen LogP contribution in [0.15, 0.2) is 48.7 Å². The standard InChI is InChI=1S/C22H29N3/c1-17-13-19(18-7-3-2-4-8-18)15-21(14-17)24-20-9-10-22(23-16-20)25-11-5-6-12-25/h2-4,7-10,16-17,19,21,24H,5-6,11-15H2,1H3. The van der Waals surface area contributed by atoms with Crippen LogP contribution in [0.3, 0.4) is 0 Å². The second-order valence-corrected chi connectivity index (χ2v) is 7.86. The molecule has 1 saturated heterocycles. The van der Waals surface area contributed by atoms with Gasteiger partial charge in [0.15, 0.2) is 0 Å². The molecule has 2 aromatic rings. The zero-order valence-corrected chi connectivity index (χ0v) is 15.2. The number of nitrogens with one attached hydrogen (secondary N) is 1. The monoisotopic (exact) mass is 335 g/mol. The van der Waals surface area contributed by atoms with E-state index in [1.165, 1.54) is 37.7 Å². The molecule has 2 aliphatic rings. The Balaban J connectivity index is 1.41. The van der Waals surface area contributed by atoms with E-state index in [0.29, 0.717) is 12.0 Å². The van der Waals surface area contributed by atoms with Gasteiger partial charge in [-0.25, -0.2) is 4.98 Å². The Morgan fingerprint density at radius 1 is 0.960 bits per heavy atom. The minimum Gasteiger partial charge on any atom is -0.381 e. The van der Waals surface area contributed by atoms with Crippen molar-refractivity contribution >= 4 is 11.5 Å². The summed E-state index contributed by atoms with van der Waals surface area (Å²) in [5.74, 6) is 2.55. The van der Waals surface area contributed by atoms with Crippen LogP contribution in [0.2, 0.25) is 0 Å². The lowest BCUT2D eigenvalue weighted by molar-refractivity contribution is 0.321. The Bertz CT molecular complexity index is 661. The number of aromatic nitrogens is 1. The number of anilines is 2. The van der Waals surface area contributed by atoms with Gasteiger partial charge in [0.1, 0.15) is 5.82 Å². The molecule has 0 amide bonds. The lowest BCUT2D eigenvalue weighted by atomic mass is 9.76. The van der Waals surface area contributed by atoms with Crippen molar-refractivity contribution in [3.05, 3.63) is 54.2 Å². The summed E-state index contributed by atoms with van der Waals surface area (Å²) >= 11 is 0. The zero-order valence-electron chi connectivity index (χ0n) is 15.2. The Labute approximate surface area is 151 Å². The minimum atomic E-state index is 0.536. The topological polar surface area (TPSA) is 28.2 Å². The highest BCUT2D eigenvalue weighted by atomic mass is 15.2. The molecule has 3 heteroatoms. The molecule has 132 valence electrons. The summed E-state index contributed by atoms with van der Waals surface area (Å²) in [4.78, 5) is 7.07. The van der Waals surface area contributed by atoms with E-state index >= 15 is 0 Å². The fourth-order valence-corrected chi connectivity index (χ4v) is 4.56. The lowest BCUT2D eigenvalue weighted by Gasteiger charge is -2.34. The van der Waals surface area contributed by atoms with Crippen LogP contribution in [0.5, 0.6) is 0 Å². The number of hydrogen-bond acceptors (Lipinski definition) is 3. The van der Waals surface area contributed by atoms with Crippen molar-refractivity contribution < 1.29 is 0 Å². The second kappa shape index (κ2) is 7.47. The van der Waals surface area contributed by atoms with E-state index in [9.17, 15) is 0 Å². The lowest BCUT2D eigenvalue weighted by Crippen LogP contribution is -2.30. The van der Waals surface area contributed by atoms with E-state index < -0.39 is 0 Å². The second-order valence-electron chi connectivity index (χ2n) is 7.86. The summed E-state index contributed by atoms with van der Waals surface area (Å²) in [6.07, 6.45) is 8.36. The van der Waals surface area contributed by atoms with E-state index in [-0.39, 0.29) is 0 Å². The summed E-state index contributed by atoms with van der Waals surface area (Å²) in [7, 11) is 0. The smallest absolute Gasteiger partial charge is 0.128 e. The zero-order chi connectivity index (χ0) is 17.1. The van der Waals surface area contributed by atoms with Crippen molar-refractivity contribution in [2.75, 3.05) is 23.3 Å². The molecule has 4 rings (SSSR count). The van der Waals surface area contributed by atoms with Crippen LogP contribution in [0.1, 0.15) is 50.5 Å². The van der Waals surface area contributed by atoms with Crippen molar-refractivity contribution in [1.29, 1.82) is 0 Å². The fourth-order valence-electron chi connectivity index (χ4n) is 4.56. The molecule has 1 aliphatic heterocycles. The van der Waals surface area contributed by atoms with Gasteiger partial charge in [-0.3, -0.25) is 0 Å². The molecular weight excluding hydrogens is 306 g/mol. The highest BCUT2D eigenvalue weighted by molar-refractivity contribution is 5.49. The van der Waals surface area contributed by atoms with Gasteiger partial charge in [-0.1, -0.05) is 37.3 Å². The molecule has 2 fully saturated rings. The maximum atomic E-state index is 4.69. The van der Waals surface area contributed by atoms with E-state index in [2.05, 4.69) is 64.6 Å². The summed E-state index contributed by atoms with van der Waals surface area (Å²) in [6.45, 7) is 4.69. The van der Waals surface area contributed by atoms with Crippen molar-refractivity contribution in [1.82, 2.24) is 4.98 Å². The van der Waals surface area contributed by atoms with Gasteiger partial charge in [-0.15, -0.1) is 0 Å². The molecule has 1 saturated carbocycles. The Morgan fingerprint density at radius 3 is 2.48 bits per heavy atom. The van der Waals surface area contributed by atoms with Gasteiger partial charge in [-0.05, 0) is 61.6 Å². The van der Waals surface area contributed by atoms with Gasteiger partial charge in [0.05, 0.1) is 11.9 Å². The van der Waals surface area contributed by atoms with Gasteiger partial charge < -0.3 is 10.2 Å². The average Bonchev–Trinajstić information content (AvgIpc) is 3.17. The predicted octanol–water partition coefficient (Wildman–Crippen LogP) is 5.07. The first kappa shape index (κ1) is 16.4. The van der Waals surface area contributed by atoms with Gasteiger partial charge in [-0.2, -0.15) is 0 Å². The number of benzene rings is 1. The van der Waals surface area contributed by atoms with E-state index in [4.69, 9.17) is 0 Å². The molecule has 1 aromatic carbocycles. The first-order valence-corrected chi connectivity index (χ1v) is 9.80. The first-order chi connectivity index (χ1) is 12.3. The van der Waals surface area contributed by atoms with E-state index in [1.54, 1.807) is 0 Å². The summed E-state index contributed by atoms with van der Waals surface area (Å²) in [5, 5.41) is 3.75. The molecule has 25 heavy (non-hydrogen) atoms. The average molecular weight is 335 g/mol. The van der Waals surface area contributed by atoms with Crippen LogP contribution in [0.4, 0.5) is 11.5 Å². The third kappa shape index (κ3) is 3.97. The number of hydrogen-bond donors (Lipinski definition) is 1. The molecule has 1 aliphatic carbocycles. The SMILES string of the molecule is CC1CC(Nc2ccc(N3CCCC3)nc2)CC(c2ccccc2)C1. The van der Waals surface area contributed by atoms with Crippen LogP contribution >= 0.6 is 0 Å². The maximum Gasteiger partial charge on any atom is 0.128 e. The van der Waals surface area contributed by atoms with Gasteiger partial charge in [0.2, 0.25) is 0 Å². The Morgan fingerprint density at radius 2 is 1.76 bits per heavy atom. The number of pyridine rings is 1. The molecule has 1 N–H and O–H groups in total. The van der Waals surface area contributed by atoms with Crippen LogP contribution in [0, 0.1) is 5.92 Å². The Kier molecular flexibility index (Phi) is 4.91. The molecule has 3 atom stereocenters. The highest BCUT2D eigenvalue weighted by Gasteiger charge is 2.27. The molecule has 3 unspecified atom stereocenters. The maximum absolute atomic E-state index is 4.69. The molecule has 0 spiro atoms. The summed E-state index contributed by atoms with van der Waals surface area (Å²) < 4.78 is 0. The third-order valence-corrected chi connectivity index (χ3v) is 5.76. The van der Waals surface area contributed by atoms with Crippen molar-refractivity contribution in [2.24, 2.45) is 5.92 Å². The van der Waals surface area contributed by atoms with Crippen molar-refractivity contribution in [3.8, 4) is 0 Å². The third-order valence-electron chi connectivity index (χ3n) is 5.76. The molecule has 0 radical (unpaired) electrons. The van der Waals surface area contributed by atoms with Crippen LogP contribution in [0.25, 0.3) is 0 Å². The summed E-state index contributed by atoms with van der Waals surface area (Å²) in [5.41, 5.74) is 2.65. The molecule has 3 nitrogen and oxygen atoms in total. The van der Waals surface area contributed by atoms with Crippen LogP contribution in [-0.2, 0) is 0 Å². The molecular formula is C22H29N3. The fraction of sp³-hybridized carbons (Fsp3) is 0.500. The predicted molar refractivity (Wildman–Crippen MR) is 105 cm³/mol. The van der Waals surface area contributed by atoms with Gasteiger partial charge in [0.25, 0.3) is 0 Å². The van der Waals surface area contributed by atoms with Crippen LogP contribution in [-0.4, -0.2) is 24.1 Å². The van der Waals surface area contributed by atoms with E-state index in [1.807, 2.05) is 6.20 Å². The first-order valence-electron chi connectivity index (χ1n) is 9.80. The minimum absolute atomic E-state index is 0.536. The normalized spacial score (nSPS) is 26.6.